The third-order valence-electron chi connectivity index (χ3n) is 3.64. The van der Waals surface area contributed by atoms with Crippen molar-refractivity contribution >= 4 is 0 Å². The molecule has 116 valence electrons. The molecule has 1 unspecified atom stereocenters. The average molecular weight is 298 g/mol. The molecule has 0 N–H and O–H groups in total. The van der Waals surface area contributed by atoms with Gasteiger partial charge in [0.1, 0.15) is 13.2 Å². The maximum absolute atomic E-state index is 6.13. The standard InChI is InChI=1S/C19H22O3/c1-14(2)22-18(12-15-6-4-3-5-7-15)16-8-9-17-19(13-16)21-11-10-20-17/h3-9,13-14,18H,10-12H2,1-2H3. The Morgan fingerprint density at radius 2 is 1.68 bits per heavy atom. The number of fused-ring (bicyclic) bond motifs is 1. The van der Waals surface area contributed by atoms with Gasteiger partial charge < -0.3 is 14.2 Å². The van der Waals surface area contributed by atoms with Gasteiger partial charge in [0.25, 0.3) is 0 Å². The summed E-state index contributed by atoms with van der Waals surface area (Å²) >= 11 is 0. The molecule has 0 spiro atoms. The highest BCUT2D eigenvalue weighted by Crippen LogP contribution is 2.34. The van der Waals surface area contributed by atoms with E-state index in [2.05, 4.69) is 44.2 Å². The van der Waals surface area contributed by atoms with Crippen molar-refractivity contribution in [2.75, 3.05) is 13.2 Å². The van der Waals surface area contributed by atoms with E-state index in [-0.39, 0.29) is 12.2 Å². The zero-order valence-electron chi connectivity index (χ0n) is 13.1. The third-order valence-corrected chi connectivity index (χ3v) is 3.64. The van der Waals surface area contributed by atoms with Gasteiger partial charge in [-0.3, -0.25) is 0 Å². The molecule has 3 rings (SSSR count). The number of benzene rings is 2. The minimum atomic E-state index is 0.0122. The van der Waals surface area contributed by atoms with E-state index >= 15 is 0 Å². The van der Waals surface area contributed by atoms with Gasteiger partial charge in [0.2, 0.25) is 0 Å². The second-order valence-electron chi connectivity index (χ2n) is 5.77. The molecule has 0 amide bonds. The van der Waals surface area contributed by atoms with Crippen LogP contribution in [0.5, 0.6) is 11.5 Å². The van der Waals surface area contributed by atoms with Gasteiger partial charge in [0, 0.05) is 6.42 Å². The van der Waals surface area contributed by atoms with Gasteiger partial charge in [-0.1, -0.05) is 36.4 Å². The van der Waals surface area contributed by atoms with Crippen LogP contribution in [-0.2, 0) is 11.2 Å². The molecule has 0 aliphatic carbocycles. The molecule has 0 radical (unpaired) electrons. The fourth-order valence-electron chi connectivity index (χ4n) is 2.66. The van der Waals surface area contributed by atoms with E-state index in [4.69, 9.17) is 14.2 Å². The lowest BCUT2D eigenvalue weighted by Gasteiger charge is -2.24. The van der Waals surface area contributed by atoms with Gasteiger partial charge in [0.15, 0.2) is 11.5 Å². The lowest BCUT2D eigenvalue weighted by atomic mass is 10.0. The van der Waals surface area contributed by atoms with Crippen LogP contribution in [0.25, 0.3) is 0 Å². The summed E-state index contributed by atoms with van der Waals surface area (Å²) in [5.41, 5.74) is 2.39. The molecule has 0 bridgehead atoms. The summed E-state index contributed by atoms with van der Waals surface area (Å²) in [5, 5.41) is 0. The monoisotopic (exact) mass is 298 g/mol. The van der Waals surface area contributed by atoms with Gasteiger partial charge in [-0.15, -0.1) is 0 Å². The summed E-state index contributed by atoms with van der Waals surface area (Å²) < 4.78 is 17.4. The van der Waals surface area contributed by atoms with Crippen molar-refractivity contribution < 1.29 is 14.2 Å². The molecule has 22 heavy (non-hydrogen) atoms. The summed E-state index contributed by atoms with van der Waals surface area (Å²) in [6.45, 7) is 5.35. The number of ether oxygens (including phenoxy) is 3. The minimum Gasteiger partial charge on any atom is -0.486 e. The molecular weight excluding hydrogens is 276 g/mol. The molecule has 3 nitrogen and oxygen atoms in total. The van der Waals surface area contributed by atoms with Gasteiger partial charge in [-0.25, -0.2) is 0 Å². The molecule has 0 fully saturated rings. The van der Waals surface area contributed by atoms with Crippen LogP contribution in [0.2, 0.25) is 0 Å². The third kappa shape index (κ3) is 3.60. The molecule has 3 heteroatoms. The zero-order valence-corrected chi connectivity index (χ0v) is 13.1. The number of rotatable bonds is 5. The number of hydrogen-bond acceptors (Lipinski definition) is 3. The van der Waals surface area contributed by atoms with E-state index in [1.54, 1.807) is 0 Å². The van der Waals surface area contributed by atoms with E-state index < -0.39 is 0 Å². The first kappa shape index (κ1) is 14.9. The van der Waals surface area contributed by atoms with Crippen molar-refractivity contribution in [3.63, 3.8) is 0 Å². The van der Waals surface area contributed by atoms with Crippen molar-refractivity contribution in [3.05, 3.63) is 59.7 Å². The topological polar surface area (TPSA) is 27.7 Å². The largest absolute Gasteiger partial charge is 0.486 e. The van der Waals surface area contributed by atoms with Crippen LogP contribution in [0, 0.1) is 0 Å². The van der Waals surface area contributed by atoms with E-state index in [0.717, 1.165) is 23.5 Å². The van der Waals surface area contributed by atoms with Crippen molar-refractivity contribution in [2.45, 2.75) is 32.5 Å². The fourth-order valence-corrected chi connectivity index (χ4v) is 2.66. The van der Waals surface area contributed by atoms with Crippen molar-refractivity contribution in [1.29, 1.82) is 0 Å². The Hall–Kier alpha value is -2.00. The fraction of sp³-hybridized carbons (Fsp3) is 0.368. The van der Waals surface area contributed by atoms with Crippen LogP contribution in [0.3, 0.4) is 0 Å². The highest BCUT2D eigenvalue weighted by Gasteiger charge is 2.19. The highest BCUT2D eigenvalue weighted by atomic mass is 16.6. The van der Waals surface area contributed by atoms with Crippen LogP contribution in [0.15, 0.2) is 48.5 Å². The Bertz CT molecular complexity index is 607. The van der Waals surface area contributed by atoms with E-state index in [0.29, 0.717) is 13.2 Å². The van der Waals surface area contributed by atoms with E-state index in [9.17, 15) is 0 Å². The lowest BCUT2D eigenvalue weighted by Crippen LogP contribution is -2.17. The maximum atomic E-state index is 6.13. The average Bonchev–Trinajstić information content (AvgIpc) is 2.54. The SMILES string of the molecule is CC(C)OC(Cc1ccccc1)c1ccc2c(c1)OCCO2. The summed E-state index contributed by atoms with van der Waals surface area (Å²) in [6, 6.07) is 16.5. The van der Waals surface area contributed by atoms with Gasteiger partial charge >= 0.3 is 0 Å². The Morgan fingerprint density at radius 1 is 0.955 bits per heavy atom. The normalized spacial score (nSPS) is 14.9. The van der Waals surface area contributed by atoms with Crippen molar-refractivity contribution in [3.8, 4) is 11.5 Å². The Morgan fingerprint density at radius 3 is 2.41 bits per heavy atom. The highest BCUT2D eigenvalue weighted by molar-refractivity contribution is 5.44. The molecular formula is C19H22O3. The van der Waals surface area contributed by atoms with E-state index in [1.807, 2.05) is 18.2 Å². The number of hydrogen-bond donors (Lipinski definition) is 0. The van der Waals surface area contributed by atoms with Crippen LogP contribution in [-0.4, -0.2) is 19.3 Å². The molecule has 1 heterocycles. The Kier molecular flexibility index (Phi) is 4.64. The van der Waals surface area contributed by atoms with Gasteiger partial charge in [-0.2, -0.15) is 0 Å². The maximum Gasteiger partial charge on any atom is 0.161 e. The van der Waals surface area contributed by atoms with Crippen LogP contribution < -0.4 is 9.47 Å². The van der Waals surface area contributed by atoms with Crippen LogP contribution in [0.1, 0.15) is 31.1 Å². The molecule has 0 saturated heterocycles. The molecule has 2 aromatic rings. The molecule has 1 aliphatic heterocycles. The quantitative estimate of drug-likeness (QED) is 0.829. The van der Waals surface area contributed by atoms with Crippen LogP contribution in [0.4, 0.5) is 0 Å². The summed E-state index contributed by atoms with van der Waals surface area (Å²) in [6.07, 6.45) is 1.03. The van der Waals surface area contributed by atoms with E-state index in [1.165, 1.54) is 5.56 Å². The lowest BCUT2D eigenvalue weighted by molar-refractivity contribution is 0.00660. The second kappa shape index (κ2) is 6.84. The summed E-state index contributed by atoms with van der Waals surface area (Å²) in [5.74, 6) is 1.63. The van der Waals surface area contributed by atoms with Gasteiger partial charge in [-0.05, 0) is 37.1 Å². The predicted molar refractivity (Wildman–Crippen MR) is 86.5 cm³/mol. The molecule has 1 aliphatic rings. The smallest absolute Gasteiger partial charge is 0.161 e. The summed E-state index contributed by atoms with van der Waals surface area (Å²) in [4.78, 5) is 0. The first-order valence-corrected chi connectivity index (χ1v) is 7.81. The Balaban J connectivity index is 1.85. The zero-order chi connectivity index (χ0) is 15.4. The first-order chi connectivity index (χ1) is 10.7. The van der Waals surface area contributed by atoms with Gasteiger partial charge in [0.05, 0.1) is 12.2 Å². The predicted octanol–water partition coefficient (Wildman–Crippen LogP) is 4.17. The molecule has 0 saturated carbocycles. The molecule has 0 aromatic heterocycles. The van der Waals surface area contributed by atoms with Crippen LogP contribution >= 0.6 is 0 Å². The summed E-state index contributed by atoms with van der Waals surface area (Å²) in [7, 11) is 0. The Labute approximate surface area is 131 Å². The molecule has 2 aromatic carbocycles. The first-order valence-electron chi connectivity index (χ1n) is 7.81. The minimum absolute atomic E-state index is 0.0122. The van der Waals surface area contributed by atoms with Crippen molar-refractivity contribution in [2.24, 2.45) is 0 Å². The van der Waals surface area contributed by atoms with Crippen molar-refractivity contribution in [1.82, 2.24) is 0 Å². The second-order valence-corrected chi connectivity index (χ2v) is 5.77. The molecule has 1 atom stereocenters.